The van der Waals surface area contributed by atoms with E-state index in [-0.39, 0.29) is 0 Å². The second kappa shape index (κ2) is 7.25. The summed E-state index contributed by atoms with van der Waals surface area (Å²) in [5.74, 6) is 0.324. The van der Waals surface area contributed by atoms with Gasteiger partial charge in [-0.2, -0.15) is 0 Å². The van der Waals surface area contributed by atoms with Gasteiger partial charge in [-0.05, 0) is 37.5 Å². The lowest BCUT2D eigenvalue weighted by atomic mass is 9.87. The second-order valence-corrected chi connectivity index (χ2v) is 5.30. The highest BCUT2D eigenvalue weighted by atomic mass is 35.5. The fourth-order valence-corrected chi connectivity index (χ4v) is 2.63. The highest BCUT2D eigenvalue weighted by Crippen LogP contribution is 2.29. The van der Waals surface area contributed by atoms with Crippen LogP contribution < -0.4 is 0 Å². The Morgan fingerprint density at radius 2 is 1.95 bits per heavy atom. The van der Waals surface area contributed by atoms with Crippen molar-refractivity contribution in [1.82, 2.24) is 4.98 Å². The lowest BCUT2D eigenvalue weighted by Crippen LogP contribution is -2.08. The standard InChI is InChI=1S/C18H20ClN/c1-3-15(4-2)17(12-14-8-6-5-7-9-14)18-11-10-16(19)13-20-18/h3,5-11,13,17H,4,12H2,1-2H3/b15-3+/t17-/m1/s1. The van der Waals surface area contributed by atoms with Gasteiger partial charge in [-0.1, -0.05) is 60.5 Å². The summed E-state index contributed by atoms with van der Waals surface area (Å²) in [5, 5.41) is 0.686. The van der Waals surface area contributed by atoms with Crippen LogP contribution in [0.15, 0.2) is 60.3 Å². The summed E-state index contributed by atoms with van der Waals surface area (Å²) in [6.07, 6.45) is 5.96. The topological polar surface area (TPSA) is 12.9 Å². The van der Waals surface area contributed by atoms with Gasteiger partial charge in [0.15, 0.2) is 0 Å². The Bertz CT molecular complexity index is 558. The van der Waals surface area contributed by atoms with Gasteiger partial charge in [0.25, 0.3) is 0 Å². The molecular weight excluding hydrogens is 266 g/mol. The minimum Gasteiger partial charge on any atom is -0.259 e. The molecule has 2 heteroatoms. The van der Waals surface area contributed by atoms with Crippen LogP contribution in [0.2, 0.25) is 5.02 Å². The molecule has 0 aliphatic rings. The molecule has 1 aromatic carbocycles. The average Bonchev–Trinajstić information content (AvgIpc) is 2.49. The highest BCUT2D eigenvalue weighted by molar-refractivity contribution is 6.30. The van der Waals surface area contributed by atoms with Crippen LogP contribution in [-0.2, 0) is 6.42 Å². The fraction of sp³-hybridized carbons (Fsp3) is 0.278. The lowest BCUT2D eigenvalue weighted by Gasteiger charge is -2.19. The highest BCUT2D eigenvalue weighted by Gasteiger charge is 2.17. The van der Waals surface area contributed by atoms with Crippen LogP contribution in [0.1, 0.15) is 37.4 Å². The summed E-state index contributed by atoms with van der Waals surface area (Å²) in [7, 11) is 0. The molecule has 1 aromatic heterocycles. The molecule has 104 valence electrons. The molecule has 1 nitrogen and oxygen atoms in total. The minimum atomic E-state index is 0.324. The van der Waals surface area contributed by atoms with Crippen molar-refractivity contribution < 1.29 is 0 Å². The van der Waals surface area contributed by atoms with Crippen molar-refractivity contribution in [2.75, 3.05) is 0 Å². The van der Waals surface area contributed by atoms with Crippen molar-refractivity contribution >= 4 is 11.6 Å². The van der Waals surface area contributed by atoms with E-state index in [1.807, 2.05) is 12.1 Å². The van der Waals surface area contributed by atoms with Gasteiger partial charge in [-0.25, -0.2) is 0 Å². The summed E-state index contributed by atoms with van der Waals surface area (Å²) in [4.78, 5) is 4.52. The third-order valence-electron chi connectivity index (χ3n) is 3.62. The molecular formula is C18H20ClN. The van der Waals surface area contributed by atoms with Crippen LogP contribution in [0.4, 0.5) is 0 Å². The zero-order chi connectivity index (χ0) is 14.4. The number of pyridine rings is 1. The van der Waals surface area contributed by atoms with E-state index >= 15 is 0 Å². The summed E-state index contributed by atoms with van der Waals surface area (Å²) >= 11 is 5.95. The van der Waals surface area contributed by atoms with Crippen molar-refractivity contribution in [3.63, 3.8) is 0 Å². The predicted molar refractivity (Wildman–Crippen MR) is 86.2 cm³/mol. The fourth-order valence-electron chi connectivity index (χ4n) is 2.52. The maximum absolute atomic E-state index is 5.95. The molecule has 1 heterocycles. The average molecular weight is 286 g/mol. The number of hydrogen-bond donors (Lipinski definition) is 0. The normalized spacial score (nSPS) is 13.2. The van der Waals surface area contributed by atoms with Gasteiger partial charge in [0, 0.05) is 17.8 Å². The lowest BCUT2D eigenvalue weighted by molar-refractivity contribution is 0.726. The van der Waals surface area contributed by atoms with E-state index in [0.717, 1.165) is 18.5 Å². The zero-order valence-electron chi connectivity index (χ0n) is 12.0. The zero-order valence-corrected chi connectivity index (χ0v) is 12.8. The van der Waals surface area contributed by atoms with Gasteiger partial charge >= 0.3 is 0 Å². The first-order valence-electron chi connectivity index (χ1n) is 7.05. The number of nitrogens with zero attached hydrogens (tertiary/aromatic N) is 1. The third-order valence-corrected chi connectivity index (χ3v) is 3.84. The summed E-state index contributed by atoms with van der Waals surface area (Å²) < 4.78 is 0. The number of rotatable bonds is 5. The van der Waals surface area contributed by atoms with Gasteiger partial charge in [-0.3, -0.25) is 4.98 Å². The number of hydrogen-bond acceptors (Lipinski definition) is 1. The van der Waals surface area contributed by atoms with Crippen molar-refractivity contribution in [2.45, 2.75) is 32.6 Å². The number of allylic oxidation sites excluding steroid dienone is 2. The van der Waals surface area contributed by atoms with E-state index in [0.29, 0.717) is 10.9 Å². The molecule has 0 radical (unpaired) electrons. The van der Waals surface area contributed by atoms with Crippen LogP contribution in [0.25, 0.3) is 0 Å². The Morgan fingerprint density at radius 3 is 2.50 bits per heavy atom. The van der Waals surface area contributed by atoms with Crippen LogP contribution in [0, 0.1) is 0 Å². The van der Waals surface area contributed by atoms with Crippen LogP contribution in [-0.4, -0.2) is 4.98 Å². The van der Waals surface area contributed by atoms with Crippen LogP contribution >= 0.6 is 11.6 Å². The maximum Gasteiger partial charge on any atom is 0.0589 e. The first-order valence-corrected chi connectivity index (χ1v) is 7.42. The molecule has 0 saturated carbocycles. The van der Waals surface area contributed by atoms with E-state index < -0.39 is 0 Å². The van der Waals surface area contributed by atoms with Gasteiger partial charge in [-0.15, -0.1) is 0 Å². The first kappa shape index (κ1) is 14.8. The summed E-state index contributed by atoms with van der Waals surface area (Å²) in [6.45, 7) is 4.30. The van der Waals surface area contributed by atoms with E-state index in [1.54, 1.807) is 6.20 Å². The summed E-state index contributed by atoms with van der Waals surface area (Å²) in [6, 6.07) is 14.5. The van der Waals surface area contributed by atoms with Crippen molar-refractivity contribution in [3.8, 4) is 0 Å². The van der Waals surface area contributed by atoms with Gasteiger partial charge < -0.3 is 0 Å². The van der Waals surface area contributed by atoms with E-state index in [2.05, 4.69) is 55.2 Å². The minimum absolute atomic E-state index is 0.324. The second-order valence-electron chi connectivity index (χ2n) is 4.86. The molecule has 0 amide bonds. The van der Waals surface area contributed by atoms with Crippen molar-refractivity contribution in [3.05, 3.63) is 76.6 Å². The monoisotopic (exact) mass is 285 g/mol. The number of halogens is 1. The summed E-state index contributed by atoms with van der Waals surface area (Å²) in [5.41, 5.74) is 3.85. The molecule has 0 fully saturated rings. The first-order chi connectivity index (χ1) is 9.74. The molecule has 0 unspecified atom stereocenters. The molecule has 0 spiro atoms. The largest absolute Gasteiger partial charge is 0.259 e. The molecule has 2 rings (SSSR count). The SMILES string of the molecule is C/C=C(\CC)[C@@H](Cc1ccccc1)c1ccc(Cl)cn1. The quantitative estimate of drug-likeness (QED) is 0.669. The number of aromatic nitrogens is 1. The van der Waals surface area contributed by atoms with Gasteiger partial charge in [0.05, 0.1) is 5.02 Å². The molecule has 1 atom stereocenters. The van der Waals surface area contributed by atoms with E-state index in [1.165, 1.54) is 11.1 Å². The Hall–Kier alpha value is -1.60. The maximum atomic E-state index is 5.95. The van der Waals surface area contributed by atoms with Gasteiger partial charge in [0.2, 0.25) is 0 Å². The molecule has 0 bridgehead atoms. The van der Waals surface area contributed by atoms with Gasteiger partial charge in [0.1, 0.15) is 0 Å². The van der Waals surface area contributed by atoms with Crippen molar-refractivity contribution in [1.29, 1.82) is 0 Å². The van der Waals surface area contributed by atoms with Crippen LogP contribution in [0.5, 0.6) is 0 Å². The Labute approximate surface area is 126 Å². The van der Waals surface area contributed by atoms with E-state index in [9.17, 15) is 0 Å². The Morgan fingerprint density at radius 1 is 1.20 bits per heavy atom. The Balaban J connectivity index is 2.32. The molecule has 0 N–H and O–H groups in total. The Kier molecular flexibility index (Phi) is 5.37. The molecule has 0 aliphatic carbocycles. The molecule has 2 aromatic rings. The third kappa shape index (κ3) is 3.71. The van der Waals surface area contributed by atoms with E-state index in [4.69, 9.17) is 11.6 Å². The smallest absolute Gasteiger partial charge is 0.0589 e. The molecule has 0 saturated heterocycles. The predicted octanol–water partition coefficient (Wildman–Crippen LogP) is 5.42. The molecule has 0 aliphatic heterocycles. The van der Waals surface area contributed by atoms with Crippen molar-refractivity contribution in [2.24, 2.45) is 0 Å². The van der Waals surface area contributed by atoms with Crippen LogP contribution in [0.3, 0.4) is 0 Å². The molecule has 20 heavy (non-hydrogen) atoms. The number of benzene rings is 1.